The largest absolute Gasteiger partial charge is 0.384 e. The van der Waals surface area contributed by atoms with Crippen molar-refractivity contribution in [3.63, 3.8) is 0 Å². The second-order valence-electron chi connectivity index (χ2n) is 4.64. The summed E-state index contributed by atoms with van der Waals surface area (Å²) in [7, 11) is 0. The molecule has 21 heavy (non-hydrogen) atoms. The molecule has 2 aromatic rings. The molecule has 0 aliphatic rings. The number of nitrogens with one attached hydrogen (secondary N) is 1. The van der Waals surface area contributed by atoms with Crippen LogP contribution in [0.15, 0.2) is 54.6 Å². The van der Waals surface area contributed by atoms with Gasteiger partial charge in [0.2, 0.25) is 0 Å². The van der Waals surface area contributed by atoms with Gasteiger partial charge in [-0.25, -0.2) is 0 Å². The van der Waals surface area contributed by atoms with Crippen LogP contribution in [0.4, 0.5) is 0 Å². The van der Waals surface area contributed by atoms with E-state index in [9.17, 15) is 4.79 Å². The highest BCUT2D eigenvalue weighted by molar-refractivity contribution is 5.94. The summed E-state index contributed by atoms with van der Waals surface area (Å²) >= 11 is 0. The Bertz CT molecular complexity index is 651. The molecule has 1 atom stereocenters. The molecule has 0 aromatic heterocycles. The van der Waals surface area contributed by atoms with E-state index in [1.807, 2.05) is 49.4 Å². The summed E-state index contributed by atoms with van der Waals surface area (Å²) in [4.78, 5) is 12.1. The van der Waals surface area contributed by atoms with E-state index in [4.69, 9.17) is 5.11 Å². The lowest BCUT2D eigenvalue weighted by Gasteiger charge is -2.14. The van der Waals surface area contributed by atoms with Crippen molar-refractivity contribution in [2.75, 3.05) is 6.61 Å². The van der Waals surface area contributed by atoms with E-state index in [-0.39, 0.29) is 18.6 Å². The van der Waals surface area contributed by atoms with Crippen LogP contribution < -0.4 is 5.32 Å². The molecule has 2 rings (SSSR count). The van der Waals surface area contributed by atoms with Crippen LogP contribution in [0.5, 0.6) is 0 Å². The Labute approximate surface area is 124 Å². The van der Waals surface area contributed by atoms with E-state index in [1.54, 1.807) is 12.1 Å². The number of amides is 1. The first-order valence-electron chi connectivity index (χ1n) is 6.76. The number of hydrogen-bond acceptors (Lipinski definition) is 2. The van der Waals surface area contributed by atoms with Gasteiger partial charge in [0.05, 0.1) is 6.04 Å². The summed E-state index contributed by atoms with van der Waals surface area (Å²) in [5, 5.41) is 11.6. The summed E-state index contributed by atoms with van der Waals surface area (Å²) in [6, 6.07) is 16.7. The first-order valence-corrected chi connectivity index (χ1v) is 6.76. The second-order valence-corrected chi connectivity index (χ2v) is 4.64. The van der Waals surface area contributed by atoms with Gasteiger partial charge < -0.3 is 10.4 Å². The number of rotatable bonds is 3. The van der Waals surface area contributed by atoms with Crippen LogP contribution in [0.3, 0.4) is 0 Å². The van der Waals surface area contributed by atoms with Crippen molar-refractivity contribution in [1.82, 2.24) is 5.32 Å². The highest BCUT2D eigenvalue weighted by atomic mass is 16.2. The average Bonchev–Trinajstić information content (AvgIpc) is 2.54. The van der Waals surface area contributed by atoms with Gasteiger partial charge in [-0.2, -0.15) is 0 Å². The maximum Gasteiger partial charge on any atom is 0.251 e. The summed E-state index contributed by atoms with van der Waals surface area (Å²) in [5.41, 5.74) is 2.50. The van der Waals surface area contributed by atoms with Gasteiger partial charge in [-0.3, -0.25) is 4.79 Å². The number of benzene rings is 2. The predicted molar refractivity (Wildman–Crippen MR) is 82.7 cm³/mol. The van der Waals surface area contributed by atoms with Gasteiger partial charge in [0.1, 0.15) is 6.61 Å². The molecule has 0 saturated heterocycles. The van der Waals surface area contributed by atoms with E-state index in [0.717, 1.165) is 11.1 Å². The lowest BCUT2D eigenvalue weighted by atomic mass is 10.1. The van der Waals surface area contributed by atoms with Crippen LogP contribution >= 0.6 is 0 Å². The molecule has 0 radical (unpaired) electrons. The van der Waals surface area contributed by atoms with Gasteiger partial charge in [-0.05, 0) is 36.8 Å². The Morgan fingerprint density at radius 2 is 1.81 bits per heavy atom. The Morgan fingerprint density at radius 3 is 2.43 bits per heavy atom. The normalized spacial score (nSPS) is 11.1. The molecule has 2 aromatic carbocycles. The van der Waals surface area contributed by atoms with Crippen molar-refractivity contribution >= 4 is 5.91 Å². The van der Waals surface area contributed by atoms with Gasteiger partial charge in [-0.15, -0.1) is 0 Å². The fraction of sp³-hybridized carbons (Fsp3) is 0.167. The molecule has 0 aliphatic heterocycles. The van der Waals surface area contributed by atoms with E-state index in [2.05, 4.69) is 17.2 Å². The Morgan fingerprint density at radius 1 is 1.14 bits per heavy atom. The maximum atomic E-state index is 12.1. The van der Waals surface area contributed by atoms with Crippen molar-refractivity contribution in [3.05, 3.63) is 71.3 Å². The molecular formula is C18H17NO2. The number of hydrogen-bond donors (Lipinski definition) is 2. The van der Waals surface area contributed by atoms with E-state index < -0.39 is 0 Å². The highest BCUT2D eigenvalue weighted by Crippen LogP contribution is 2.14. The van der Waals surface area contributed by atoms with Crippen LogP contribution in [0, 0.1) is 11.8 Å². The van der Waals surface area contributed by atoms with E-state index in [1.165, 1.54) is 0 Å². The van der Waals surface area contributed by atoms with Gasteiger partial charge in [0, 0.05) is 11.1 Å². The topological polar surface area (TPSA) is 49.3 Å². The van der Waals surface area contributed by atoms with Crippen molar-refractivity contribution < 1.29 is 9.90 Å². The van der Waals surface area contributed by atoms with Crippen LogP contribution in [0.25, 0.3) is 0 Å². The molecular weight excluding hydrogens is 262 g/mol. The van der Waals surface area contributed by atoms with Crippen molar-refractivity contribution in [3.8, 4) is 11.8 Å². The molecule has 0 aliphatic carbocycles. The molecule has 2 N–H and O–H groups in total. The minimum atomic E-state index is -0.148. The summed E-state index contributed by atoms with van der Waals surface area (Å²) in [6.07, 6.45) is 0. The fourth-order valence-electron chi connectivity index (χ4n) is 1.95. The fourth-order valence-corrected chi connectivity index (χ4v) is 1.95. The molecule has 0 bridgehead atoms. The standard InChI is InChI=1S/C18H17NO2/c1-14(19-18(21)17-7-3-2-4-8-17)16-11-9-15(10-12-16)6-5-13-20/h2-4,7-12,14,20H,13H2,1H3,(H,19,21). The molecule has 0 heterocycles. The third kappa shape index (κ3) is 4.20. The first kappa shape index (κ1) is 14.8. The smallest absolute Gasteiger partial charge is 0.251 e. The third-order valence-electron chi connectivity index (χ3n) is 3.11. The maximum absolute atomic E-state index is 12.1. The van der Waals surface area contributed by atoms with Gasteiger partial charge in [0.25, 0.3) is 5.91 Å². The molecule has 3 heteroatoms. The molecule has 0 spiro atoms. The molecule has 0 saturated carbocycles. The lowest BCUT2D eigenvalue weighted by molar-refractivity contribution is 0.0940. The average molecular weight is 279 g/mol. The second kappa shape index (κ2) is 7.28. The monoisotopic (exact) mass is 279 g/mol. The molecule has 1 amide bonds. The van der Waals surface area contributed by atoms with Crippen LogP contribution in [0.1, 0.15) is 34.5 Å². The minimum absolute atomic E-state index is 0.0856. The van der Waals surface area contributed by atoms with Crippen molar-refractivity contribution in [2.24, 2.45) is 0 Å². The van der Waals surface area contributed by atoms with E-state index in [0.29, 0.717) is 5.56 Å². The molecule has 1 unspecified atom stereocenters. The lowest BCUT2D eigenvalue weighted by Crippen LogP contribution is -2.26. The highest BCUT2D eigenvalue weighted by Gasteiger charge is 2.10. The van der Waals surface area contributed by atoms with Gasteiger partial charge >= 0.3 is 0 Å². The number of carbonyl (C=O) groups excluding carboxylic acids is 1. The zero-order chi connectivity index (χ0) is 15.1. The minimum Gasteiger partial charge on any atom is -0.384 e. The van der Waals surface area contributed by atoms with Crippen LogP contribution in [-0.2, 0) is 0 Å². The SMILES string of the molecule is CC(NC(=O)c1ccccc1)c1ccc(C#CCO)cc1. The Balaban J connectivity index is 2.03. The molecule has 3 nitrogen and oxygen atoms in total. The summed E-state index contributed by atoms with van der Waals surface area (Å²) < 4.78 is 0. The number of carbonyl (C=O) groups is 1. The zero-order valence-corrected chi connectivity index (χ0v) is 11.8. The molecule has 0 fully saturated rings. The first-order chi connectivity index (χ1) is 10.2. The number of aliphatic hydroxyl groups is 1. The third-order valence-corrected chi connectivity index (χ3v) is 3.11. The summed E-state index contributed by atoms with van der Waals surface area (Å²) in [5.74, 6) is 5.35. The van der Waals surface area contributed by atoms with Gasteiger partial charge in [0.15, 0.2) is 0 Å². The summed E-state index contributed by atoms with van der Waals surface area (Å²) in [6.45, 7) is 1.79. The van der Waals surface area contributed by atoms with Crippen LogP contribution in [-0.4, -0.2) is 17.6 Å². The van der Waals surface area contributed by atoms with Crippen molar-refractivity contribution in [2.45, 2.75) is 13.0 Å². The van der Waals surface area contributed by atoms with E-state index >= 15 is 0 Å². The number of aliphatic hydroxyl groups excluding tert-OH is 1. The van der Waals surface area contributed by atoms with Gasteiger partial charge in [-0.1, -0.05) is 42.2 Å². The van der Waals surface area contributed by atoms with Crippen LogP contribution in [0.2, 0.25) is 0 Å². The zero-order valence-electron chi connectivity index (χ0n) is 11.8. The quantitative estimate of drug-likeness (QED) is 0.848. The molecule has 106 valence electrons. The Kier molecular flexibility index (Phi) is 5.14. The Hall–Kier alpha value is -2.57. The predicted octanol–water partition coefficient (Wildman–Crippen LogP) is 2.52. The van der Waals surface area contributed by atoms with Crippen molar-refractivity contribution in [1.29, 1.82) is 0 Å².